The maximum atomic E-state index is 11.8. The molecule has 2 amide bonds. The summed E-state index contributed by atoms with van der Waals surface area (Å²) in [4.78, 5) is 23.4. The second-order valence-electron chi connectivity index (χ2n) is 4.12. The third kappa shape index (κ3) is 2.71. The van der Waals surface area contributed by atoms with Crippen molar-refractivity contribution in [1.82, 2.24) is 10.6 Å². The van der Waals surface area contributed by atoms with Gasteiger partial charge in [-0.3, -0.25) is 0 Å². The first-order chi connectivity index (χ1) is 9.02. The normalized spacial score (nSPS) is 18.7. The number of carbonyl (C=O) groups excluding carboxylic acids is 2. The molecular weight excluding hydrogens is 268 g/mol. The van der Waals surface area contributed by atoms with E-state index < -0.39 is 12.0 Å². The van der Waals surface area contributed by atoms with Crippen molar-refractivity contribution in [2.75, 3.05) is 7.11 Å². The lowest BCUT2D eigenvalue weighted by Crippen LogP contribution is -2.45. The zero-order chi connectivity index (χ0) is 14.0. The quantitative estimate of drug-likeness (QED) is 0.816. The van der Waals surface area contributed by atoms with Gasteiger partial charge in [0, 0.05) is 10.7 Å². The van der Waals surface area contributed by atoms with Gasteiger partial charge < -0.3 is 15.4 Å². The Kier molecular flexibility index (Phi) is 3.76. The molecule has 1 heterocycles. The van der Waals surface area contributed by atoms with Crippen molar-refractivity contribution in [3.8, 4) is 0 Å². The molecule has 0 spiro atoms. The largest absolute Gasteiger partial charge is 0.466 e. The lowest BCUT2D eigenvalue weighted by molar-refractivity contribution is -0.136. The van der Waals surface area contributed by atoms with Gasteiger partial charge in [0.1, 0.15) is 0 Å². The summed E-state index contributed by atoms with van der Waals surface area (Å²) in [5.41, 5.74) is 1.56. The highest BCUT2D eigenvalue weighted by Gasteiger charge is 2.31. The Bertz CT molecular complexity index is 569. The SMILES string of the molecule is COC(=O)C1=C(C)NC(=O)N[C@H]1c1cccc(Cl)c1. The van der Waals surface area contributed by atoms with E-state index in [2.05, 4.69) is 10.6 Å². The highest BCUT2D eigenvalue weighted by Crippen LogP contribution is 2.28. The van der Waals surface area contributed by atoms with Crippen molar-refractivity contribution < 1.29 is 14.3 Å². The van der Waals surface area contributed by atoms with Gasteiger partial charge in [-0.05, 0) is 24.6 Å². The monoisotopic (exact) mass is 280 g/mol. The zero-order valence-corrected chi connectivity index (χ0v) is 11.2. The number of rotatable bonds is 2. The number of ether oxygens (including phenoxy) is 1. The maximum Gasteiger partial charge on any atom is 0.337 e. The summed E-state index contributed by atoms with van der Waals surface area (Å²) in [6.45, 7) is 1.66. The van der Waals surface area contributed by atoms with Crippen molar-refractivity contribution in [3.05, 3.63) is 46.1 Å². The minimum atomic E-state index is -0.570. The number of nitrogens with one attached hydrogen (secondary N) is 2. The number of halogens is 1. The molecule has 2 rings (SSSR count). The number of benzene rings is 1. The second kappa shape index (κ2) is 5.32. The van der Waals surface area contributed by atoms with Crippen LogP contribution >= 0.6 is 11.6 Å². The predicted octanol–water partition coefficient (Wildman–Crippen LogP) is 2.14. The van der Waals surface area contributed by atoms with Gasteiger partial charge in [0.15, 0.2) is 0 Å². The molecule has 6 heteroatoms. The van der Waals surface area contributed by atoms with Crippen molar-refractivity contribution in [3.63, 3.8) is 0 Å². The molecule has 0 unspecified atom stereocenters. The van der Waals surface area contributed by atoms with Crippen LogP contribution in [0, 0.1) is 0 Å². The Morgan fingerprint density at radius 2 is 2.16 bits per heavy atom. The lowest BCUT2D eigenvalue weighted by atomic mass is 9.96. The number of amides is 2. The number of hydrogen-bond acceptors (Lipinski definition) is 3. The first-order valence-electron chi connectivity index (χ1n) is 5.65. The van der Waals surface area contributed by atoms with Crippen LogP contribution in [-0.4, -0.2) is 19.1 Å². The topological polar surface area (TPSA) is 67.4 Å². The number of hydrogen-bond donors (Lipinski definition) is 2. The van der Waals surface area contributed by atoms with Crippen LogP contribution in [0.25, 0.3) is 0 Å². The van der Waals surface area contributed by atoms with Crippen LogP contribution in [0.3, 0.4) is 0 Å². The van der Waals surface area contributed by atoms with Gasteiger partial charge in [0.2, 0.25) is 0 Å². The van der Waals surface area contributed by atoms with E-state index in [4.69, 9.17) is 16.3 Å². The summed E-state index contributed by atoms with van der Waals surface area (Å²) in [6.07, 6.45) is 0. The predicted molar refractivity (Wildman–Crippen MR) is 70.6 cm³/mol. The fraction of sp³-hybridized carbons (Fsp3) is 0.231. The van der Waals surface area contributed by atoms with Gasteiger partial charge in [-0.1, -0.05) is 23.7 Å². The van der Waals surface area contributed by atoms with E-state index in [1.54, 1.807) is 31.2 Å². The summed E-state index contributed by atoms with van der Waals surface area (Å²) in [7, 11) is 1.30. The van der Waals surface area contributed by atoms with Crippen LogP contribution in [-0.2, 0) is 9.53 Å². The molecule has 1 atom stereocenters. The summed E-state index contributed by atoms with van der Waals surface area (Å²) in [5.74, 6) is -0.491. The maximum absolute atomic E-state index is 11.8. The molecule has 19 heavy (non-hydrogen) atoms. The van der Waals surface area contributed by atoms with Gasteiger partial charge in [0.05, 0.1) is 18.7 Å². The fourth-order valence-electron chi connectivity index (χ4n) is 2.01. The minimum absolute atomic E-state index is 0.365. The Balaban J connectivity index is 2.49. The number of carbonyl (C=O) groups is 2. The Labute approximate surface area is 115 Å². The van der Waals surface area contributed by atoms with E-state index in [0.29, 0.717) is 16.3 Å². The van der Waals surface area contributed by atoms with Gasteiger partial charge >= 0.3 is 12.0 Å². The highest BCUT2D eigenvalue weighted by atomic mass is 35.5. The van der Waals surface area contributed by atoms with E-state index in [9.17, 15) is 9.59 Å². The summed E-state index contributed by atoms with van der Waals surface area (Å²) >= 11 is 5.94. The van der Waals surface area contributed by atoms with Gasteiger partial charge in [-0.25, -0.2) is 9.59 Å². The van der Waals surface area contributed by atoms with Gasteiger partial charge in [0.25, 0.3) is 0 Å². The zero-order valence-electron chi connectivity index (χ0n) is 10.5. The number of esters is 1. The number of urea groups is 1. The smallest absolute Gasteiger partial charge is 0.337 e. The van der Waals surface area contributed by atoms with Crippen LogP contribution in [0.15, 0.2) is 35.5 Å². The molecule has 2 N–H and O–H groups in total. The molecule has 1 aliphatic rings. The molecule has 0 saturated heterocycles. The first kappa shape index (κ1) is 13.4. The van der Waals surface area contributed by atoms with E-state index in [-0.39, 0.29) is 6.03 Å². The average Bonchev–Trinajstić information content (AvgIpc) is 2.37. The average molecular weight is 281 g/mol. The first-order valence-corrected chi connectivity index (χ1v) is 6.02. The molecule has 0 saturated carbocycles. The Hall–Kier alpha value is -2.01. The van der Waals surface area contributed by atoms with Crippen molar-refractivity contribution in [1.29, 1.82) is 0 Å². The fourth-order valence-corrected chi connectivity index (χ4v) is 2.21. The van der Waals surface area contributed by atoms with Crippen LogP contribution in [0.5, 0.6) is 0 Å². The molecule has 0 fully saturated rings. The van der Waals surface area contributed by atoms with Crippen LogP contribution in [0.2, 0.25) is 5.02 Å². The molecule has 0 aromatic heterocycles. The molecule has 0 radical (unpaired) electrons. The Morgan fingerprint density at radius 1 is 1.42 bits per heavy atom. The van der Waals surface area contributed by atoms with Gasteiger partial charge in [-0.15, -0.1) is 0 Å². The highest BCUT2D eigenvalue weighted by molar-refractivity contribution is 6.30. The third-order valence-electron chi connectivity index (χ3n) is 2.86. The standard InChI is InChI=1S/C13H13ClN2O3/c1-7-10(12(17)19-2)11(16-13(18)15-7)8-4-3-5-9(14)6-8/h3-6,11H,1-2H3,(H2,15,16,18)/t11-/m0/s1. The summed E-state index contributed by atoms with van der Waals surface area (Å²) < 4.78 is 4.76. The van der Waals surface area contributed by atoms with Crippen molar-refractivity contribution >= 4 is 23.6 Å². The molecule has 1 aromatic rings. The summed E-state index contributed by atoms with van der Waals surface area (Å²) in [6, 6.07) is 6.04. The van der Waals surface area contributed by atoms with Crippen LogP contribution in [0.4, 0.5) is 4.79 Å². The van der Waals surface area contributed by atoms with Crippen LogP contribution in [0.1, 0.15) is 18.5 Å². The van der Waals surface area contributed by atoms with Crippen molar-refractivity contribution in [2.24, 2.45) is 0 Å². The number of methoxy groups -OCH3 is 1. The van der Waals surface area contributed by atoms with E-state index in [1.807, 2.05) is 0 Å². The van der Waals surface area contributed by atoms with Crippen LogP contribution < -0.4 is 10.6 Å². The van der Waals surface area contributed by atoms with E-state index >= 15 is 0 Å². The van der Waals surface area contributed by atoms with Crippen molar-refractivity contribution in [2.45, 2.75) is 13.0 Å². The molecule has 1 aromatic carbocycles. The van der Waals surface area contributed by atoms with E-state index in [0.717, 1.165) is 5.56 Å². The molecule has 100 valence electrons. The molecule has 1 aliphatic heterocycles. The second-order valence-corrected chi connectivity index (χ2v) is 4.55. The number of allylic oxidation sites excluding steroid dienone is 1. The molecule has 5 nitrogen and oxygen atoms in total. The Morgan fingerprint density at radius 3 is 2.79 bits per heavy atom. The molecule has 0 bridgehead atoms. The third-order valence-corrected chi connectivity index (χ3v) is 3.09. The van der Waals surface area contributed by atoms with Gasteiger partial charge in [-0.2, -0.15) is 0 Å². The molecule has 0 aliphatic carbocycles. The lowest BCUT2D eigenvalue weighted by Gasteiger charge is -2.27. The molecular formula is C13H13ClN2O3. The minimum Gasteiger partial charge on any atom is -0.466 e. The summed E-state index contributed by atoms with van der Waals surface area (Å²) in [5, 5.41) is 5.78. The van der Waals surface area contributed by atoms with E-state index in [1.165, 1.54) is 7.11 Å².